The summed E-state index contributed by atoms with van der Waals surface area (Å²) in [7, 11) is -3.91. The van der Waals surface area contributed by atoms with Gasteiger partial charge in [-0.3, -0.25) is 9.59 Å². The van der Waals surface area contributed by atoms with Crippen LogP contribution in [0, 0.1) is 11.3 Å². The molecule has 2 amide bonds. The van der Waals surface area contributed by atoms with Crippen LogP contribution in [0.2, 0.25) is 0 Å². The molecule has 1 aromatic carbocycles. The van der Waals surface area contributed by atoms with E-state index in [1.54, 1.807) is 12.1 Å². The standard InChI is InChI=1S/C16H13N3O5S/c1-10(20)19-25(22,23)14-5-2-11(3-6-14)15-7-4-13(24-15)8-12(9-17)16(18)21/h2-8H,1H3,(H2,18,21)(H,19,20)/b12-8-. The third-order valence-electron chi connectivity index (χ3n) is 3.03. The maximum absolute atomic E-state index is 11.9. The summed E-state index contributed by atoms with van der Waals surface area (Å²) in [6.45, 7) is 1.10. The minimum atomic E-state index is -3.91. The lowest BCUT2D eigenvalue weighted by atomic mass is 10.2. The molecule has 1 aromatic heterocycles. The SMILES string of the molecule is CC(=O)NS(=O)(=O)c1ccc(-c2ccc(/C=C(/C#N)C(N)=O)o2)cc1. The van der Waals surface area contributed by atoms with Gasteiger partial charge in [0.05, 0.1) is 4.90 Å². The largest absolute Gasteiger partial charge is 0.457 e. The zero-order chi connectivity index (χ0) is 18.6. The van der Waals surface area contributed by atoms with Crippen LogP contribution >= 0.6 is 0 Å². The molecule has 0 fully saturated rings. The molecule has 0 saturated carbocycles. The fraction of sp³-hybridized carbons (Fsp3) is 0.0625. The van der Waals surface area contributed by atoms with Gasteiger partial charge in [-0.15, -0.1) is 0 Å². The van der Waals surface area contributed by atoms with Gasteiger partial charge in [0.2, 0.25) is 5.91 Å². The lowest BCUT2D eigenvalue weighted by Gasteiger charge is -2.05. The Morgan fingerprint density at radius 3 is 2.36 bits per heavy atom. The number of rotatable bonds is 5. The third kappa shape index (κ3) is 4.33. The lowest BCUT2D eigenvalue weighted by molar-refractivity contribution is -0.117. The number of furan rings is 1. The molecule has 2 rings (SSSR count). The summed E-state index contributed by atoms with van der Waals surface area (Å²) in [5.41, 5.74) is 5.36. The highest BCUT2D eigenvalue weighted by Crippen LogP contribution is 2.24. The highest BCUT2D eigenvalue weighted by Gasteiger charge is 2.15. The lowest BCUT2D eigenvalue weighted by Crippen LogP contribution is -2.28. The second-order valence-corrected chi connectivity index (χ2v) is 6.60. The van der Waals surface area contributed by atoms with E-state index in [4.69, 9.17) is 15.4 Å². The monoisotopic (exact) mass is 359 g/mol. The van der Waals surface area contributed by atoms with Crippen molar-refractivity contribution in [3.63, 3.8) is 0 Å². The zero-order valence-electron chi connectivity index (χ0n) is 13.0. The molecule has 25 heavy (non-hydrogen) atoms. The number of nitrogens with two attached hydrogens (primary N) is 1. The van der Waals surface area contributed by atoms with Gasteiger partial charge in [0.1, 0.15) is 23.2 Å². The van der Waals surface area contributed by atoms with Gasteiger partial charge in [0.25, 0.3) is 15.9 Å². The average Bonchev–Trinajstić information content (AvgIpc) is 3.00. The smallest absolute Gasteiger partial charge is 0.264 e. The Bertz CT molecular complexity index is 995. The summed E-state index contributed by atoms with van der Waals surface area (Å²) in [5.74, 6) is -0.904. The Morgan fingerprint density at radius 2 is 1.84 bits per heavy atom. The van der Waals surface area contributed by atoms with Crippen LogP contribution in [0.1, 0.15) is 12.7 Å². The van der Waals surface area contributed by atoms with Crippen LogP contribution in [0.25, 0.3) is 17.4 Å². The van der Waals surface area contributed by atoms with Crippen LogP contribution in [-0.2, 0) is 19.6 Å². The second-order valence-electron chi connectivity index (χ2n) is 4.92. The van der Waals surface area contributed by atoms with Gasteiger partial charge in [0.15, 0.2) is 0 Å². The fourth-order valence-corrected chi connectivity index (χ4v) is 2.92. The van der Waals surface area contributed by atoms with Gasteiger partial charge >= 0.3 is 0 Å². The molecule has 0 radical (unpaired) electrons. The molecule has 128 valence electrons. The Hall–Kier alpha value is -3.38. The normalized spacial score (nSPS) is 11.6. The van der Waals surface area contributed by atoms with E-state index in [9.17, 15) is 18.0 Å². The number of carbonyl (C=O) groups is 2. The molecule has 0 unspecified atom stereocenters. The molecular weight excluding hydrogens is 346 g/mol. The highest BCUT2D eigenvalue weighted by molar-refractivity contribution is 7.90. The van der Waals surface area contributed by atoms with E-state index in [0.29, 0.717) is 11.3 Å². The Labute approximate surface area is 143 Å². The summed E-state index contributed by atoms with van der Waals surface area (Å²) in [5, 5.41) is 8.80. The first kappa shape index (κ1) is 18.0. The van der Waals surface area contributed by atoms with Gasteiger partial charge in [-0.25, -0.2) is 13.1 Å². The van der Waals surface area contributed by atoms with Crippen LogP contribution < -0.4 is 10.5 Å². The van der Waals surface area contributed by atoms with Crippen molar-refractivity contribution in [1.29, 1.82) is 5.26 Å². The number of benzene rings is 1. The first-order valence-corrected chi connectivity index (χ1v) is 8.36. The number of nitrogens with zero attached hydrogens (tertiary/aromatic N) is 1. The van der Waals surface area contributed by atoms with Crippen molar-refractivity contribution < 1.29 is 22.4 Å². The van der Waals surface area contributed by atoms with E-state index in [2.05, 4.69) is 0 Å². The summed E-state index contributed by atoms with van der Waals surface area (Å²) in [6, 6.07) is 10.4. The molecule has 2 aromatic rings. The number of amides is 2. The summed E-state index contributed by atoms with van der Waals surface area (Å²) < 4.78 is 31.1. The van der Waals surface area contributed by atoms with Crippen molar-refractivity contribution in [2.75, 3.05) is 0 Å². The fourth-order valence-electron chi connectivity index (χ4n) is 1.93. The van der Waals surface area contributed by atoms with Crippen molar-refractivity contribution in [2.45, 2.75) is 11.8 Å². The Morgan fingerprint density at radius 1 is 1.20 bits per heavy atom. The molecule has 3 N–H and O–H groups in total. The molecule has 0 aliphatic rings. The number of sulfonamides is 1. The van der Waals surface area contributed by atoms with Crippen molar-refractivity contribution in [2.24, 2.45) is 5.73 Å². The molecule has 8 nitrogen and oxygen atoms in total. The minimum Gasteiger partial charge on any atom is -0.457 e. The maximum Gasteiger partial charge on any atom is 0.264 e. The molecule has 0 aliphatic heterocycles. The summed E-state index contributed by atoms with van der Waals surface area (Å²) >= 11 is 0. The third-order valence-corrected chi connectivity index (χ3v) is 4.48. The zero-order valence-corrected chi connectivity index (χ0v) is 13.8. The molecule has 0 atom stereocenters. The first-order valence-electron chi connectivity index (χ1n) is 6.88. The summed E-state index contributed by atoms with van der Waals surface area (Å²) in [4.78, 5) is 21.9. The molecule has 9 heteroatoms. The van der Waals surface area contributed by atoms with Crippen LogP contribution in [0.4, 0.5) is 0 Å². The number of nitrogens with one attached hydrogen (secondary N) is 1. The van der Waals surface area contributed by atoms with Gasteiger partial charge in [-0.05, 0) is 36.4 Å². The van der Waals surface area contributed by atoms with E-state index >= 15 is 0 Å². The van der Waals surface area contributed by atoms with Gasteiger partial charge in [-0.1, -0.05) is 0 Å². The molecular formula is C16H13N3O5S. The number of primary amides is 1. The predicted octanol–water partition coefficient (Wildman–Crippen LogP) is 1.16. The number of hydrogen-bond acceptors (Lipinski definition) is 6. The average molecular weight is 359 g/mol. The molecule has 0 aliphatic carbocycles. The molecule has 0 spiro atoms. The Kier molecular flexibility index (Phi) is 5.05. The quantitative estimate of drug-likeness (QED) is 0.605. The number of carbonyl (C=O) groups excluding carboxylic acids is 2. The summed E-state index contributed by atoms with van der Waals surface area (Å²) in [6.07, 6.45) is 1.21. The van der Waals surface area contributed by atoms with E-state index < -0.39 is 21.8 Å². The van der Waals surface area contributed by atoms with Crippen molar-refractivity contribution in [1.82, 2.24) is 4.72 Å². The number of nitriles is 1. The number of hydrogen-bond donors (Lipinski definition) is 2. The van der Waals surface area contributed by atoms with Crippen LogP contribution in [0.15, 0.2) is 51.3 Å². The molecule has 1 heterocycles. The molecule has 0 saturated heterocycles. The topological polar surface area (TPSA) is 143 Å². The van der Waals surface area contributed by atoms with Crippen LogP contribution in [0.5, 0.6) is 0 Å². The van der Waals surface area contributed by atoms with E-state index in [1.165, 1.54) is 36.4 Å². The van der Waals surface area contributed by atoms with E-state index in [0.717, 1.165) is 6.92 Å². The van der Waals surface area contributed by atoms with Gasteiger partial charge < -0.3 is 10.2 Å². The second kappa shape index (κ2) is 7.02. The van der Waals surface area contributed by atoms with Crippen molar-refractivity contribution in [3.8, 4) is 17.4 Å². The highest BCUT2D eigenvalue weighted by atomic mass is 32.2. The maximum atomic E-state index is 11.9. The van der Waals surface area contributed by atoms with Gasteiger partial charge in [0, 0.05) is 18.6 Å². The van der Waals surface area contributed by atoms with E-state index in [-0.39, 0.29) is 16.2 Å². The van der Waals surface area contributed by atoms with Crippen LogP contribution in [0.3, 0.4) is 0 Å². The van der Waals surface area contributed by atoms with Crippen LogP contribution in [-0.4, -0.2) is 20.2 Å². The van der Waals surface area contributed by atoms with Gasteiger partial charge in [-0.2, -0.15) is 5.26 Å². The first-order chi connectivity index (χ1) is 11.7. The molecule has 0 bridgehead atoms. The predicted molar refractivity (Wildman–Crippen MR) is 87.9 cm³/mol. The minimum absolute atomic E-state index is 0.0707. The Balaban J connectivity index is 2.29. The van der Waals surface area contributed by atoms with Crippen molar-refractivity contribution in [3.05, 3.63) is 47.7 Å². The van der Waals surface area contributed by atoms with E-state index in [1.807, 2.05) is 4.72 Å². The van der Waals surface area contributed by atoms with Crippen molar-refractivity contribution >= 4 is 27.9 Å².